The molecule has 1 aromatic rings. The molecular formula is C17H22N2O3S. The summed E-state index contributed by atoms with van der Waals surface area (Å²) in [6.07, 6.45) is 2.13. The summed E-state index contributed by atoms with van der Waals surface area (Å²) in [7, 11) is 1.38. The monoisotopic (exact) mass is 334 g/mol. The van der Waals surface area contributed by atoms with Gasteiger partial charge in [0.1, 0.15) is 11.7 Å². The van der Waals surface area contributed by atoms with Gasteiger partial charge in [-0.15, -0.1) is 0 Å². The van der Waals surface area contributed by atoms with Crippen LogP contribution < -0.4 is 10.1 Å². The van der Waals surface area contributed by atoms with E-state index in [0.29, 0.717) is 17.4 Å². The van der Waals surface area contributed by atoms with Crippen molar-refractivity contribution in [2.45, 2.75) is 32.7 Å². The topological polar surface area (TPSA) is 59.9 Å². The molecule has 0 spiro atoms. The maximum atomic E-state index is 12.1. The molecular weight excluding hydrogens is 312 g/mol. The molecule has 6 heteroatoms. The fourth-order valence-corrected chi connectivity index (χ4v) is 2.81. The highest BCUT2D eigenvalue weighted by atomic mass is 32.1. The molecule has 0 amide bonds. The molecule has 2 atom stereocenters. The molecule has 2 unspecified atom stereocenters. The highest BCUT2D eigenvalue weighted by Gasteiger charge is 2.36. The molecule has 0 bridgehead atoms. The van der Waals surface area contributed by atoms with E-state index < -0.39 is 5.92 Å². The van der Waals surface area contributed by atoms with Crippen LogP contribution in [0.5, 0.6) is 5.75 Å². The highest BCUT2D eigenvalue weighted by Crippen LogP contribution is 2.29. The molecule has 1 aromatic carbocycles. The number of aliphatic imine (C=N–C) groups is 1. The van der Waals surface area contributed by atoms with Crippen LogP contribution in [-0.2, 0) is 9.53 Å². The number of carbonyl (C=O) groups excluding carboxylic acids is 1. The van der Waals surface area contributed by atoms with Crippen LogP contribution in [0.4, 0.5) is 0 Å². The van der Waals surface area contributed by atoms with Gasteiger partial charge < -0.3 is 14.8 Å². The van der Waals surface area contributed by atoms with Gasteiger partial charge in [-0.05, 0) is 43.3 Å². The van der Waals surface area contributed by atoms with Gasteiger partial charge in [0.2, 0.25) is 0 Å². The van der Waals surface area contributed by atoms with Crippen LogP contribution >= 0.6 is 12.2 Å². The van der Waals surface area contributed by atoms with E-state index in [1.165, 1.54) is 7.11 Å². The Morgan fingerprint density at radius 3 is 2.65 bits per heavy atom. The molecule has 1 N–H and O–H groups in total. The van der Waals surface area contributed by atoms with Crippen LogP contribution in [0.25, 0.3) is 0 Å². The summed E-state index contributed by atoms with van der Waals surface area (Å²) in [6, 6.07) is 7.42. The van der Waals surface area contributed by atoms with E-state index in [1.54, 1.807) is 6.92 Å². The smallest absolute Gasteiger partial charge is 0.316 e. The first-order chi connectivity index (χ1) is 11.1. The van der Waals surface area contributed by atoms with Gasteiger partial charge in [-0.3, -0.25) is 4.79 Å². The first-order valence-corrected chi connectivity index (χ1v) is 8.14. The number of nitrogens with one attached hydrogen (secondary N) is 1. The van der Waals surface area contributed by atoms with Crippen LogP contribution in [0.3, 0.4) is 0 Å². The quantitative estimate of drug-likeness (QED) is 0.492. The zero-order valence-electron chi connectivity index (χ0n) is 13.7. The summed E-state index contributed by atoms with van der Waals surface area (Å²) in [6.45, 7) is 4.63. The van der Waals surface area contributed by atoms with Crippen LogP contribution in [0.1, 0.15) is 38.3 Å². The van der Waals surface area contributed by atoms with Gasteiger partial charge in [-0.2, -0.15) is 0 Å². The van der Waals surface area contributed by atoms with Crippen molar-refractivity contribution in [3.05, 3.63) is 29.8 Å². The molecule has 0 aromatic heterocycles. The van der Waals surface area contributed by atoms with E-state index in [4.69, 9.17) is 21.7 Å². The van der Waals surface area contributed by atoms with Crippen molar-refractivity contribution < 1.29 is 14.3 Å². The van der Waals surface area contributed by atoms with Crippen molar-refractivity contribution in [3.63, 3.8) is 0 Å². The lowest BCUT2D eigenvalue weighted by atomic mass is 9.88. The van der Waals surface area contributed by atoms with E-state index in [1.807, 2.05) is 24.3 Å². The van der Waals surface area contributed by atoms with Crippen LogP contribution in [-0.4, -0.2) is 30.5 Å². The van der Waals surface area contributed by atoms with Crippen LogP contribution in [0.15, 0.2) is 29.3 Å². The maximum Gasteiger partial charge on any atom is 0.316 e. The van der Waals surface area contributed by atoms with Crippen LogP contribution in [0.2, 0.25) is 0 Å². The normalized spacial score (nSPS) is 20.5. The first kappa shape index (κ1) is 17.4. The Morgan fingerprint density at radius 2 is 2.04 bits per heavy atom. The Morgan fingerprint density at radius 1 is 1.35 bits per heavy atom. The SMILES string of the molecule is CCCCOc1ccc(C2NC(=S)N=C(C)C2C(=O)OC)cc1. The van der Waals surface area contributed by atoms with E-state index >= 15 is 0 Å². The second-order valence-corrected chi connectivity index (χ2v) is 5.84. The molecule has 124 valence electrons. The summed E-state index contributed by atoms with van der Waals surface area (Å²) in [5, 5.41) is 3.49. The molecule has 2 rings (SSSR count). The van der Waals surface area contributed by atoms with Crippen molar-refractivity contribution in [3.8, 4) is 5.75 Å². The number of rotatable bonds is 6. The van der Waals surface area contributed by atoms with Gasteiger partial charge >= 0.3 is 5.97 Å². The van der Waals surface area contributed by atoms with Gasteiger partial charge in [0, 0.05) is 5.71 Å². The Hall–Kier alpha value is -1.95. The number of nitrogens with zero attached hydrogens (tertiary/aromatic N) is 1. The number of benzene rings is 1. The standard InChI is InChI=1S/C17H22N2O3S/c1-4-5-10-22-13-8-6-12(7-9-13)15-14(16(20)21-3)11(2)18-17(23)19-15/h6-9,14-15H,4-5,10H2,1-3H3,(H,19,23). The molecule has 1 heterocycles. The fourth-order valence-electron chi connectivity index (χ4n) is 2.53. The van der Waals surface area contributed by atoms with Gasteiger partial charge in [0.05, 0.1) is 19.8 Å². The summed E-state index contributed by atoms with van der Waals surface area (Å²) < 4.78 is 10.6. The number of unbranched alkanes of at least 4 members (excludes halogenated alkanes) is 1. The lowest BCUT2D eigenvalue weighted by molar-refractivity contribution is -0.143. The van der Waals surface area contributed by atoms with Gasteiger partial charge in [0.25, 0.3) is 0 Å². The average Bonchev–Trinajstić information content (AvgIpc) is 2.54. The number of carbonyl (C=O) groups is 1. The Balaban J connectivity index is 2.19. The van der Waals surface area contributed by atoms with Crippen molar-refractivity contribution in [1.29, 1.82) is 0 Å². The van der Waals surface area contributed by atoms with Gasteiger partial charge in [0.15, 0.2) is 5.11 Å². The molecule has 0 saturated carbocycles. The minimum Gasteiger partial charge on any atom is -0.494 e. The molecule has 1 aliphatic heterocycles. The summed E-state index contributed by atoms with van der Waals surface area (Å²) in [5.74, 6) is 0.00803. The lowest BCUT2D eigenvalue weighted by Gasteiger charge is -2.30. The number of esters is 1. The van der Waals surface area contributed by atoms with Crippen molar-refractivity contribution in [2.24, 2.45) is 10.9 Å². The Kier molecular flexibility index (Phi) is 6.10. The predicted molar refractivity (Wildman–Crippen MR) is 93.9 cm³/mol. The summed E-state index contributed by atoms with van der Waals surface area (Å²) >= 11 is 5.16. The van der Waals surface area contributed by atoms with Crippen molar-refractivity contribution in [1.82, 2.24) is 5.32 Å². The number of hydrogen-bond donors (Lipinski definition) is 1. The lowest BCUT2D eigenvalue weighted by Crippen LogP contribution is -2.43. The van der Waals surface area contributed by atoms with Crippen molar-refractivity contribution in [2.75, 3.05) is 13.7 Å². The number of methoxy groups -OCH3 is 1. The zero-order chi connectivity index (χ0) is 16.8. The third-order valence-electron chi connectivity index (χ3n) is 3.80. The van der Waals surface area contributed by atoms with E-state index in [0.717, 1.165) is 24.2 Å². The maximum absolute atomic E-state index is 12.1. The van der Waals surface area contributed by atoms with E-state index in [-0.39, 0.29) is 12.0 Å². The van der Waals surface area contributed by atoms with E-state index in [9.17, 15) is 4.79 Å². The minimum atomic E-state index is -0.487. The third-order valence-corrected chi connectivity index (χ3v) is 4.01. The molecule has 0 saturated heterocycles. The van der Waals surface area contributed by atoms with Gasteiger partial charge in [-0.1, -0.05) is 25.5 Å². The minimum absolute atomic E-state index is 0.280. The molecule has 0 aliphatic carbocycles. The summed E-state index contributed by atoms with van der Waals surface area (Å²) in [5.41, 5.74) is 1.61. The zero-order valence-corrected chi connectivity index (χ0v) is 14.5. The number of thiocarbonyl (C=S) groups is 1. The fraction of sp³-hybridized carbons (Fsp3) is 0.471. The molecule has 1 aliphatic rings. The Bertz CT molecular complexity index is 598. The molecule has 0 radical (unpaired) electrons. The molecule has 23 heavy (non-hydrogen) atoms. The second kappa shape index (κ2) is 8.06. The number of ether oxygens (including phenoxy) is 2. The number of hydrogen-bond acceptors (Lipinski definition) is 4. The Labute approximate surface area is 142 Å². The first-order valence-electron chi connectivity index (χ1n) is 7.73. The molecule has 5 nitrogen and oxygen atoms in total. The van der Waals surface area contributed by atoms with Crippen molar-refractivity contribution >= 4 is 29.0 Å². The largest absolute Gasteiger partial charge is 0.494 e. The van der Waals surface area contributed by atoms with E-state index in [2.05, 4.69) is 17.2 Å². The predicted octanol–water partition coefficient (Wildman–Crippen LogP) is 3.04. The van der Waals surface area contributed by atoms with Gasteiger partial charge in [-0.25, -0.2) is 4.99 Å². The second-order valence-electron chi connectivity index (χ2n) is 5.45. The average molecular weight is 334 g/mol. The van der Waals surface area contributed by atoms with Crippen LogP contribution in [0, 0.1) is 5.92 Å². The third kappa shape index (κ3) is 4.28. The highest BCUT2D eigenvalue weighted by molar-refractivity contribution is 7.80. The molecule has 0 fully saturated rings. The summed E-state index contributed by atoms with van der Waals surface area (Å²) in [4.78, 5) is 16.3.